The van der Waals surface area contributed by atoms with E-state index in [1.165, 1.54) is 0 Å². The van der Waals surface area contributed by atoms with Gasteiger partial charge in [-0.2, -0.15) is 5.10 Å². The second-order valence-corrected chi connectivity index (χ2v) is 4.26. The van der Waals surface area contributed by atoms with Gasteiger partial charge in [-0.3, -0.25) is 4.68 Å². The van der Waals surface area contributed by atoms with Crippen LogP contribution in [0.25, 0.3) is 10.8 Å². The number of aromatic nitrogens is 3. The van der Waals surface area contributed by atoms with Gasteiger partial charge in [-0.25, -0.2) is 4.98 Å². The summed E-state index contributed by atoms with van der Waals surface area (Å²) in [6, 6.07) is 9.10. The van der Waals surface area contributed by atoms with Crippen molar-refractivity contribution in [2.24, 2.45) is 0 Å². The Morgan fingerprint density at radius 2 is 2.16 bits per heavy atom. The van der Waals surface area contributed by atoms with E-state index in [0.29, 0.717) is 0 Å². The Hall–Kier alpha value is -2.56. The van der Waals surface area contributed by atoms with Crippen molar-refractivity contribution in [1.82, 2.24) is 14.8 Å². The summed E-state index contributed by atoms with van der Waals surface area (Å²) in [6.07, 6.45) is 5.44. The van der Waals surface area contributed by atoms with Gasteiger partial charge in [0, 0.05) is 30.5 Å². The first-order chi connectivity index (χ1) is 9.33. The van der Waals surface area contributed by atoms with E-state index < -0.39 is 0 Å². The summed E-state index contributed by atoms with van der Waals surface area (Å²) in [5.41, 5.74) is 0. The first-order valence-corrected chi connectivity index (χ1v) is 6.12. The van der Waals surface area contributed by atoms with E-state index in [0.717, 1.165) is 29.7 Å². The van der Waals surface area contributed by atoms with Gasteiger partial charge in [0.25, 0.3) is 0 Å². The number of hydrogen-bond donors (Lipinski definition) is 2. The van der Waals surface area contributed by atoms with E-state index in [-0.39, 0.29) is 5.75 Å². The number of rotatable bonds is 4. The third-order valence-corrected chi connectivity index (χ3v) is 2.94. The summed E-state index contributed by atoms with van der Waals surface area (Å²) >= 11 is 0. The molecule has 5 nitrogen and oxygen atoms in total. The van der Waals surface area contributed by atoms with Gasteiger partial charge < -0.3 is 10.4 Å². The number of phenols is 1. The molecule has 0 atom stereocenters. The van der Waals surface area contributed by atoms with Crippen LogP contribution in [0, 0.1) is 0 Å². The minimum absolute atomic E-state index is 0.246. The Morgan fingerprint density at radius 1 is 1.21 bits per heavy atom. The predicted octanol–water partition coefficient (Wildman–Crippen LogP) is 2.25. The molecule has 0 unspecified atom stereocenters. The van der Waals surface area contributed by atoms with Crippen molar-refractivity contribution in [3.63, 3.8) is 0 Å². The van der Waals surface area contributed by atoms with E-state index in [2.05, 4.69) is 15.4 Å². The zero-order valence-corrected chi connectivity index (χ0v) is 10.3. The van der Waals surface area contributed by atoms with Crippen LogP contribution in [0.4, 0.5) is 5.82 Å². The molecule has 0 saturated carbocycles. The van der Waals surface area contributed by atoms with Crippen LogP contribution in [0.5, 0.6) is 5.75 Å². The largest absolute Gasteiger partial charge is 0.508 e. The molecule has 96 valence electrons. The Bertz CT molecular complexity index is 679. The fourth-order valence-corrected chi connectivity index (χ4v) is 2.02. The minimum Gasteiger partial charge on any atom is -0.508 e. The molecule has 2 aromatic heterocycles. The van der Waals surface area contributed by atoms with E-state index in [9.17, 15) is 5.11 Å². The molecular formula is C14H14N4O. The Labute approximate surface area is 110 Å². The van der Waals surface area contributed by atoms with Crippen molar-refractivity contribution in [3.05, 3.63) is 48.9 Å². The number of phenolic OH excluding ortho intramolecular Hbond substituents is 1. The molecule has 0 saturated heterocycles. The molecule has 0 spiro atoms. The lowest BCUT2D eigenvalue weighted by atomic mass is 10.1. The molecule has 2 N–H and O–H groups in total. The van der Waals surface area contributed by atoms with Crippen molar-refractivity contribution < 1.29 is 5.11 Å². The highest BCUT2D eigenvalue weighted by atomic mass is 16.3. The zero-order chi connectivity index (χ0) is 13.1. The number of nitrogens with zero attached hydrogens (tertiary/aromatic N) is 3. The SMILES string of the molecule is Oc1ccc2ccnc(NCCn3cccn3)c2c1. The van der Waals surface area contributed by atoms with Gasteiger partial charge in [0.1, 0.15) is 11.6 Å². The summed E-state index contributed by atoms with van der Waals surface area (Å²) in [7, 11) is 0. The molecule has 0 aliphatic heterocycles. The molecule has 0 amide bonds. The molecule has 2 heterocycles. The molecule has 0 bridgehead atoms. The van der Waals surface area contributed by atoms with Crippen LogP contribution in [-0.2, 0) is 6.54 Å². The monoisotopic (exact) mass is 254 g/mol. The van der Waals surface area contributed by atoms with Crippen molar-refractivity contribution in [1.29, 1.82) is 0 Å². The van der Waals surface area contributed by atoms with Gasteiger partial charge in [-0.1, -0.05) is 6.07 Å². The quantitative estimate of drug-likeness (QED) is 0.749. The molecule has 1 aromatic carbocycles. The van der Waals surface area contributed by atoms with Crippen LogP contribution in [0.15, 0.2) is 48.9 Å². The molecule has 0 aliphatic carbocycles. The first kappa shape index (κ1) is 11.5. The predicted molar refractivity (Wildman–Crippen MR) is 74.1 cm³/mol. The van der Waals surface area contributed by atoms with Gasteiger partial charge >= 0.3 is 0 Å². The zero-order valence-electron chi connectivity index (χ0n) is 10.3. The number of hydrogen-bond acceptors (Lipinski definition) is 4. The van der Waals surface area contributed by atoms with Gasteiger partial charge in [0.2, 0.25) is 0 Å². The van der Waals surface area contributed by atoms with Gasteiger partial charge in [0.15, 0.2) is 0 Å². The van der Waals surface area contributed by atoms with Crippen molar-refractivity contribution in [2.75, 3.05) is 11.9 Å². The molecule has 0 radical (unpaired) electrons. The maximum Gasteiger partial charge on any atom is 0.134 e. The molecule has 3 aromatic rings. The topological polar surface area (TPSA) is 63.0 Å². The van der Waals surface area contributed by atoms with Crippen LogP contribution in [0.3, 0.4) is 0 Å². The fraction of sp³-hybridized carbons (Fsp3) is 0.143. The summed E-state index contributed by atoms with van der Waals surface area (Å²) < 4.78 is 1.86. The van der Waals surface area contributed by atoms with Crippen molar-refractivity contribution in [2.45, 2.75) is 6.54 Å². The lowest BCUT2D eigenvalue weighted by molar-refractivity contribution is 0.476. The second kappa shape index (κ2) is 4.97. The van der Waals surface area contributed by atoms with E-state index in [1.54, 1.807) is 24.5 Å². The molecular weight excluding hydrogens is 240 g/mol. The third kappa shape index (κ3) is 2.49. The van der Waals surface area contributed by atoms with Crippen LogP contribution in [-0.4, -0.2) is 26.4 Å². The standard InChI is InChI=1S/C14H14N4O/c19-12-3-2-11-4-6-15-14(13(11)10-12)16-7-9-18-8-1-5-17-18/h1-6,8,10,19H,7,9H2,(H,15,16). The van der Waals surface area contributed by atoms with Gasteiger partial charge in [-0.05, 0) is 29.7 Å². The maximum atomic E-state index is 9.56. The van der Waals surface area contributed by atoms with Crippen LogP contribution in [0.1, 0.15) is 0 Å². The molecule has 0 fully saturated rings. The summed E-state index contributed by atoms with van der Waals surface area (Å²) in [5.74, 6) is 1.02. The highest BCUT2D eigenvalue weighted by molar-refractivity contribution is 5.92. The highest BCUT2D eigenvalue weighted by Gasteiger charge is 2.03. The van der Waals surface area contributed by atoms with Crippen LogP contribution in [0.2, 0.25) is 0 Å². The Balaban J connectivity index is 1.78. The summed E-state index contributed by atoms with van der Waals surface area (Å²) in [4.78, 5) is 4.31. The number of fused-ring (bicyclic) bond motifs is 1. The maximum absolute atomic E-state index is 9.56. The molecule has 3 rings (SSSR count). The van der Waals surface area contributed by atoms with Crippen LogP contribution >= 0.6 is 0 Å². The van der Waals surface area contributed by atoms with Crippen molar-refractivity contribution in [3.8, 4) is 5.75 Å². The van der Waals surface area contributed by atoms with Gasteiger partial charge in [0.05, 0.1) is 6.54 Å². The van der Waals surface area contributed by atoms with Gasteiger partial charge in [-0.15, -0.1) is 0 Å². The van der Waals surface area contributed by atoms with Crippen LogP contribution < -0.4 is 5.32 Å². The van der Waals surface area contributed by atoms with Crippen molar-refractivity contribution >= 4 is 16.6 Å². The normalized spacial score (nSPS) is 10.7. The number of aromatic hydroxyl groups is 1. The molecule has 0 aliphatic rings. The number of pyridine rings is 1. The number of nitrogens with one attached hydrogen (secondary N) is 1. The summed E-state index contributed by atoms with van der Waals surface area (Å²) in [5, 5.41) is 18.9. The summed E-state index contributed by atoms with van der Waals surface area (Å²) in [6.45, 7) is 1.49. The minimum atomic E-state index is 0.246. The average Bonchev–Trinajstić information content (AvgIpc) is 2.92. The Morgan fingerprint density at radius 3 is 3.00 bits per heavy atom. The number of benzene rings is 1. The lowest BCUT2D eigenvalue weighted by Gasteiger charge is -2.09. The highest BCUT2D eigenvalue weighted by Crippen LogP contribution is 2.24. The molecule has 5 heteroatoms. The first-order valence-electron chi connectivity index (χ1n) is 6.12. The fourth-order valence-electron chi connectivity index (χ4n) is 2.02. The average molecular weight is 254 g/mol. The smallest absolute Gasteiger partial charge is 0.134 e. The lowest BCUT2D eigenvalue weighted by Crippen LogP contribution is -2.11. The second-order valence-electron chi connectivity index (χ2n) is 4.26. The molecule has 19 heavy (non-hydrogen) atoms. The third-order valence-electron chi connectivity index (χ3n) is 2.94. The Kier molecular flexibility index (Phi) is 3.02. The van der Waals surface area contributed by atoms with E-state index in [4.69, 9.17) is 0 Å². The van der Waals surface area contributed by atoms with E-state index >= 15 is 0 Å². The van der Waals surface area contributed by atoms with E-state index in [1.807, 2.05) is 29.1 Å². The number of anilines is 1.